The number of methoxy groups -OCH3 is 1. The van der Waals surface area contributed by atoms with Crippen LogP contribution in [0.25, 0.3) is 0 Å². The van der Waals surface area contributed by atoms with E-state index in [2.05, 4.69) is 10.5 Å². The number of hydrazone groups is 1. The Balaban J connectivity index is 1.96. The van der Waals surface area contributed by atoms with Gasteiger partial charge in [0.05, 0.1) is 29.8 Å². The lowest BCUT2D eigenvalue weighted by molar-refractivity contribution is -0.120. The van der Waals surface area contributed by atoms with E-state index in [9.17, 15) is 4.79 Å². The van der Waals surface area contributed by atoms with Gasteiger partial charge in [-0.05, 0) is 35.4 Å². The average molecular weight is 372 g/mol. The van der Waals surface area contributed by atoms with Gasteiger partial charge in [-0.3, -0.25) is 4.79 Å². The Hall–Kier alpha value is -1.75. The molecule has 0 bridgehead atoms. The van der Waals surface area contributed by atoms with Gasteiger partial charge in [0.15, 0.2) is 5.75 Å². The largest absolute Gasteiger partial charge is 0.494 e. The molecule has 0 aromatic heterocycles. The van der Waals surface area contributed by atoms with Crippen molar-refractivity contribution in [1.29, 1.82) is 0 Å². The van der Waals surface area contributed by atoms with Crippen molar-refractivity contribution in [1.82, 2.24) is 5.43 Å². The zero-order valence-electron chi connectivity index (χ0n) is 12.1. The molecule has 0 heterocycles. The fourth-order valence-corrected chi connectivity index (χ4v) is 2.64. The number of nitrogens with zero attached hydrogens (tertiary/aromatic N) is 1. The number of nitrogens with one attached hydrogen (secondary N) is 1. The van der Waals surface area contributed by atoms with Gasteiger partial charge in [0.1, 0.15) is 0 Å². The van der Waals surface area contributed by atoms with Crippen LogP contribution in [-0.4, -0.2) is 19.2 Å². The first-order valence-electron chi connectivity index (χ1n) is 6.59. The van der Waals surface area contributed by atoms with E-state index in [4.69, 9.17) is 39.5 Å². The first-order chi connectivity index (χ1) is 11.0. The zero-order chi connectivity index (χ0) is 16.8. The Labute approximate surface area is 149 Å². The predicted octanol–water partition coefficient (Wildman–Crippen LogP) is 4.35. The molecule has 0 aliphatic carbocycles. The third-order valence-corrected chi connectivity index (χ3v) is 3.72. The summed E-state index contributed by atoms with van der Waals surface area (Å²) in [5.74, 6) is 0.159. The number of halogens is 3. The highest BCUT2D eigenvalue weighted by atomic mass is 35.5. The van der Waals surface area contributed by atoms with E-state index in [0.717, 1.165) is 5.56 Å². The minimum atomic E-state index is -0.241. The number of benzene rings is 2. The van der Waals surface area contributed by atoms with E-state index in [1.165, 1.54) is 13.3 Å². The SMILES string of the molecule is COc1c(Cl)cc(/C=N\NC(=O)Cc2ccc(Cl)cc2)cc1Cl. The van der Waals surface area contributed by atoms with Crippen LogP contribution < -0.4 is 10.2 Å². The normalized spacial score (nSPS) is 10.8. The van der Waals surface area contributed by atoms with Crippen LogP contribution in [0.2, 0.25) is 15.1 Å². The molecule has 0 unspecified atom stereocenters. The molecule has 0 fully saturated rings. The summed E-state index contributed by atoms with van der Waals surface area (Å²) in [5.41, 5.74) is 3.93. The summed E-state index contributed by atoms with van der Waals surface area (Å²) in [6.07, 6.45) is 1.66. The van der Waals surface area contributed by atoms with Gasteiger partial charge in [-0.2, -0.15) is 5.10 Å². The molecule has 0 aliphatic rings. The van der Waals surface area contributed by atoms with Gasteiger partial charge in [-0.1, -0.05) is 46.9 Å². The maximum atomic E-state index is 11.8. The Morgan fingerprint density at radius 1 is 1.17 bits per heavy atom. The molecule has 2 rings (SSSR count). The minimum Gasteiger partial charge on any atom is -0.494 e. The fourth-order valence-electron chi connectivity index (χ4n) is 1.86. The molecule has 23 heavy (non-hydrogen) atoms. The molecule has 1 N–H and O–H groups in total. The first-order valence-corrected chi connectivity index (χ1v) is 7.72. The first kappa shape index (κ1) is 17.6. The molecule has 2 aromatic carbocycles. The number of rotatable bonds is 5. The zero-order valence-corrected chi connectivity index (χ0v) is 14.4. The summed E-state index contributed by atoms with van der Waals surface area (Å²) in [7, 11) is 1.48. The van der Waals surface area contributed by atoms with Crippen molar-refractivity contribution in [3.63, 3.8) is 0 Å². The monoisotopic (exact) mass is 370 g/mol. The third kappa shape index (κ3) is 5.13. The highest BCUT2D eigenvalue weighted by molar-refractivity contribution is 6.37. The number of ether oxygens (including phenoxy) is 1. The molecular formula is C16H13Cl3N2O2. The summed E-state index contributed by atoms with van der Waals surface area (Å²) in [4.78, 5) is 11.8. The van der Waals surface area contributed by atoms with Gasteiger partial charge in [0.25, 0.3) is 0 Å². The van der Waals surface area contributed by atoms with Crippen molar-refractivity contribution in [2.75, 3.05) is 7.11 Å². The Morgan fingerprint density at radius 2 is 1.78 bits per heavy atom. The summed E-state index contributed by atoms with van der Waals surface area (Å²) in [5, 5.41) is 5.25. The summed E-state index contributed by atoms with van der Waals surface area (Å²) >= 11 is 17.8. The maximum Gasteiger partial charge on any atom is 0.244 e. The van der Waals surface area contributed by atoms with Crippen molar-refractivity contribution < 1.29 is 9.53 Å². The lowest BCUT2D eigenvalue weighted by Gasteiger charge is -2.06. The summed E-state index contributed by atoms with van der Waals surface area (Å²) in [6.45, 7) is 0. The van der Waals surface area contributed by atoms with Crippen molar-refractivity contribution in [3.05, 3.63) is 62.6 Å². The molecule has 0 aliphatic heterocycles. The molecule has 1 amide bonds. The van der Waals surface area contributed by atoms with E-state index >= 15 is 0 Å². The molecular weight excluding hydrogens is 359 g/mol. The molecule has 2 aromatic rings. The number of hydrogen-bond donors (Lipinski definition) is 1. The molecule has 0 saturated heterocycles. The lowest BCUT2D eigenvalue weighted by atomic mass is 10.1. The van der Waals surface area contributed by atoms with E-state index < -0.39 is 0 Å². The Bertz CT molecular complexity index is 708. The minimum absolute atomic E-state index is 0.207. The Morgan fingerprint density at radius 3 is 2.35 bits per heavy atom. The van der Waals surface area contributed by atoms with Gasteiger partial charge in [-0.15, -0.1) is 0 Å². The number of amides is 1. The second-order valence-electron chi connectivity index (χ2n) is 4.61. The van der Waals surface area contributed by atoms with E-state index in [-0.39, 0.29) is 12.3 Å². The number of hydrogen-bond acceptors (Lipinski definition) is 3. The number of carbonyl (C=O) groups excluding carboxylic acids is 1. The maximum absolute atomic E-state index is 11.8. The smallest absolute Gasteiger partial charge is 0.244 e. The van der Waals surface area contributed by atoms with Crippen LogP contribution in [-0.2, 0) is 11.2 Å². The van der Waals surface area contributed by atoms with E-state index in [0.29, 0.717) is 26.4 Å². The van der Waals surface area contributed by atoms with Crippen molar-refractivity contribution in [2.45, 2.75) is 6.42 Å². The highest BCUT2D eigenvalue weighted by Gasteiger charge is 2.07. The molecule has 0 radical (unpaired) electrons. The molecule has 4 nitrogen and oxygen atoms in total. The van der Waals surface area contributed by atoms with Crippen LogP contribution in [0.4, 0.5) is 0 Å². The van der Waals surface area contributed by atoms with Gasteiger partial charge >= 0.3 is 0 Å². The van der Waals surface area contributed by atoms with Gasteiger partial charge < -0.3 is 4.74 Å². The second-order valence-corrected chi connectivity index (χ2v) is 5.87. The molecule has 120 valence electrons. The topological polar surface area (TPSA) is 50.7 Å². The van der Waals surface area contributed by atoms with Crippen LogP contribution in [0, 0.1) is 0 Å². The lowest BCUT2D eigenvalue weighted by Crippen LogP contribution is -2.19. The molecule has 0 atom stereocenters. The van der Waals surface area contributed by atoms with Crippen LogP contribution in [0.15, 0.2) is 41.5 Å². The van der Waals surface area contributed by atoms with Crippen LogP contribution in [0.1, 0.15) is 11.1 Å². The van der Waals surface area contributed by atoms with Crippen molar-refractivity contribution >= 4 is 46.9 Å². The second kappa shape index (κ2) is 8.20. The molecule has 0 spiro atoms. The number of carbonyl (C=O) groups is 1. The van der Waals surface area contributed by atoms with E-state index in [1.54, 1.807) is 36.4 Å². The van der Waals surface area contributed by atoms with Gasteiger partial charge in [-0.25, -0.2) is 5.43 Å². The average Bonchev–Trinajstić information content (AvgIpc) is 2.49. The van der Waals surface area contributed by atoms with Crippen molar-refractivity contribution in [2.24, 2.45) is 5.10 Å². The van der Waals surface area contributed by atoms with Crippen LogP contribution in [0.5, 0.6) is 5.75 Å². The third-order valence-electron chi connectivity index (χ3n) is 2.91. The van der Waals surface area contributed by atoms with Gasteiger partial charge in [0.2, 0.25) is 5.91 Å². The fraction of sp³-hybridized carbons (Fsp3) is 0.125. The highest BCUT2D eigenvalue weighted by Crippen LogP contribution is 2.33. The molecule has 0 saturated carbocycles. The Kier molecular flexibility index (Phi) is 6.28. The van der Waals surface area contributed by atoms with Gasteiger partial charge in [0, 0.05) is 5.02 Å². The van der Waals surface area contributed by atoms with Crippen LogP contribution in [0.3, 0.4) is 0 Å². The quantitative estimate of drug-likeness (QED) is 0.627. The summed E-state index contributed by atoms with van der Waals surface area (Å²) in [6, 6.07) is 10.3. The van der Waals surface area contributed by atoms with Crippen LogP contribution >= 0.6 is 34.8 Å². The van der Waals surface area contributed by atoms with E-state index in [1.807, 2.05) is 0 Å². The standard InChI is InChI=1S/C16H13Cl3N2O2/c1-23-16-13(18)6-11(7-14(16)19)9-20-21-15(22)8-10-2-4-12(17)5-3-10/h2-7,9H,8H2,1H3,(H,21,22)/b20-9-. The molecule has 7 heteroatoms. The van der Waals surface area contributed by atoms with Crippen molar-refractivity contribution in [3.8, 4) is 5.75 Å². The summed E-state index contributed by atoms with van der Waals surface area (Å²) < 4.78 is 5.06. The predicted molar refractivity (Wildman–Crippen MR) is 93.9 cm³/mol.